The molecule has 0 aliphatic carbocycles. The van der Waals surface area contributed by atoms with Crippen molar-refractivity contribution in [3.63, 3.8) is 0 Å². The summed E-state index contributed by atoms with van der Waals surface area (Å²) in [5, 5.41) is 2.83. The molecule has 0 aromatic heterocycles. The molecule has 0 spiro atoms. The quantitative estimate of drug-likeness (QED) is 0.303. The molecule has 9 nitrogen and oxygen atoms in total. The number of hydrogen-bond acceptors (Lipinski definition) is 6. The Kier molecular flexibility index (Phi) is 8.04. The van der Waals surface area contributed by atoms with Crippen LogP contribution in [0.1, 0.15) is 31.8 Å². The lowest BCUT2D eigenvalue weighted by atomic mass is 10.1. The fourth-order valence-electron chi connectivity index (χ4n) is 4.64. The molecule has 0 fully saturated rings. The van der Waals surface area contributed by atoms with Crippen molar-refractivity contribution in [2.75, 3.05) is 31.0 Å². The van der Waals surface area contributed by atoms with Gasteiger partial charge < -0.3 is 19.7 Å². The number of nitrogens with one attached hydrogen (secondary N) is 2. The molecule has 1 heterocycles. The number of hydrogen-bond donors (Lipinski definition) is 2. The van der Waals surface area contributed by atoms with Crippen molar-refractivity contribution in [1.82, 2.24) is 4.72 Å². The third-order valence-corrected chi connectivity index (χ3v) is 8.27. The highest BCUT2D eigenvalue weighted by Gasteiger charge is 2.27. The predicted molar refractivity (Wildman–Crippen MR) is 156 cm³/mol. The minimum Gasteiger partial charge on any atom is -0.497 e. The summed E-state index contributed by atoms with van der Waals surface area (Å²) in [6, 6.07) is 25.7. The normalized spacial score (nSPS) is 12.5. The van der Waals surface area contributed by atoms with Crippen molar-refractivity contribution >= 4 is 33.2 Å². The zero-order chi connectivity index (χ0) is 29.0. The van der Waals surface area contributed by atoms with Crippen molar-refractivity contribution < 1.29 is 27.5 Å². The first-order valence-electron chi connectivity index (χ1n) is 12.9. The second-order valence-electron chi connectivity index (χ2n) is 9.41. The number of carbonyl (C=O) groups is 2. The predicted octanol–water partition coefficient (Wildman–Crippen LogP) is 4.64. The van der Waals surface area contributed by atoms with E-state index >= 15 is 0 Å². The van der Waals surface area contributed by atoms with E-state index in [1.54, 1.807) is 48.4 Å². The molecule has 2 amide bonds. The molecule has 0 radical (unpaired) electrons. The van der Waals surface area contributed by atoms with Gasteiger partial charge in [-0.1, -0.05) is 36.4 Å². The van der Waals surface area contributed by atoms with Gasteiger partial charge in [0.25, 0.3) is 11.8 Å². The van der Waals surface area contributed by atoms with Gasteiger partial charge in [-0.25, -0.2) is 13.1 Å². The van der Waals surface area contributed by atoms with Gasteiger partial charge in [0, 0.05) is 35.6 Å². The number of sulfonamides is 1. The van der Waals surface area contributed by atoms with E-state index in [1.807, 2.05) is 36.4 Å². The Bertz CT molecular complexity index is 1690. The Morgan fingerprint density at radius 2 is 1.59 bits per heavy atom. The van der Waals surface area contributed by atoms with Crippen LogP contribution < -0.4 is 24.4 Å². The first-order valence-corrected chi connectivity index (χ1v) is 14.4. The van der Waals surface area contributed by atoms with Crippen LogP contribution >= 0.6 is 0 Å². The lowest BCUT2D eigenvalue weighted by molar-refractivity contribution is 0.0988. The van der Waals surface area contributed by atoms with Crippen LogP contribution in [0.3, 0.4) is 0 Å². The largest absolute Gasteiger partial charge is 0.497 e. The zero-order valence-corrected chi connectivity index (χ0v) is 23.4. The van der Waals surface area contributed by atoms with E-state index in [4.69, 9.17) is 9.47 Å². The lowest BCUT2D eigenvalue weighted by Crippen LogP contribution is -2.28. The van der Waals surface area contributed by atoms with Gasteiger partial charge >= 0.3 is 0 Å². The smallest absolute Gasteiger partial charge is 0.258 e. The minimum absolute atomic E-state index is 0.0869. The molecule has 210 valence electrons. The van der Waals surface area contributed by atoms with E-state index in [0.717, 1.165) is 11.1 Å². The fourth-order valence-corrected chi connectivity index (χ4v) is 5.85. The van der Waals surface area contributed by atoms with Crippen LogP contribution in [0.15, 0.2) is 95.9 Å². The second-order valence-corrected chi connectivity index (χ2v) is 11.1. The van der Waals surface area contributed by atoms with Crippen LogP contribution in [0.4, 0.5) is 11.4 Å². The molecular weight excluding hydrogens is 542 g/mol. The van der Waals surface area contributed by atoms with Crippen molar-refractivity contribution in [2.45, 2.75) is 17.9 Å². The summed E-state index contributed by atoms with van der Waals surface area (Å²) < 4.78 is 39.3. The third-order valence-electron chi connectivity index (χ3n) is 6.85. The van der Waals surface area contributed by atoms with Crippen molar-refractivity contribution in [1.29, 1.82) is 0 Å². The number of amides is 2. The molecule has 2 N–H and O–H groups in total. The van der Waals surface area contributed by atoms with E-state index in [1.165, 1.54) is 25.3 Å². The van der Waals surface area contributed by atoms with Crippen LogP contribution in [0, 0.1) is 0 Å². The fraction of sp³-hybridized carbons (Fsp3) is 0.161. The molecule has 41 heavy (non-hydrogen) atoms. The maximum atomic E-state index is 13.2. The average Bonchev–Trinajstić information content (AvgIpc) is 3.43. The zero-order valence-electron chi connectivity index (χ0n) is 22.6. The van der Waals surface area contributed by atoms with Gasteiger partial charge in [0.1, 0.15) is 16.4 Å². The third kappa shape index (κ3) is 6.08. The molecular formula is C31H29N3O6S. The molecule has 5 rings (SSSR count). The van der Waals surface area contributed by atoms with Crippen LogP contribution in [0.2, 0.25) is 0 Å². The van der Waals surface area contributed by atoms with Gasteiger partial charge in [-0.2, -0.15) is 0 Å². The summed E-state index contributed by atoms with van der Waals surface area (Å²) in [5.74, 6) is 0.128. The van der Waals surface area contributed by atoms with Crippen molar-refractivity contribution in [3.05, 3.63) is 113 Å². The number of anilines is 2. The summed E-state index contributed by atoms with van der Waals surface area (Å²) in [6.45, 7) is 0.608. The SMILES string of the molecule is COc1ccc(C(=O)N2CCc3ccc(NC(=O)c4ccc(OC)c(S(=O)(=O)NCc5ccccc5)c4)cc32)cc1. The topological polar surface area (TPSA) is 114 Å². The summed E-state index contributed by atoms with van der Waals surface area (Å²) in [6.07, 6.45) is 0.696. The second kappa shape index (κ2) is 11.8. The summed E-state index contributed by atoms with van der Waals surface area (Å²) in [7, 11) is -1.06. The Hall–Kier alpha value is -4.67. The number of methoxy groups -OCH3 is 2. The first kappa shape index (κ1) is 27.9. The van der Waals surface area contributed by atoms with Gasteiger partial charge in [-0.15, -0.1) is 0 Å². The van der Waals surface area contributed by atoms with E-state index in [9.17, 15) is 18.0 Å². The van der Waals surface area contributed by atoms with Gasteiger partial charge in [0.05, 0.1) is 14.2 Å². The first-order chi connectivity index (χ1) is 19.8. The number of nitrogens with zero attached hydrogens (tertiary/aromatic N) is 1. The summed E-state index contributed by atoms with van der Waals surface area (Å²) in [5.41, 5.74) is 3.64. The monoisotopic (exact) mass is 571 g/mol. The minimum atomic E-state index is -3.99. The van der Waals surface area contributed by atoms with Gasteiger partial charge in [0.15, 0.2) is 0 Å². The maximum absolute atomic E-state index is 13.2. The molecule has 0 atom stereocenters. The number of carbonyl (C=O) groups excluding carboxylic acids is 2. The molecule has 4 aromatic carbocycles. The lowest BCUT2D eigenvalue weighted by Gasteiger charge is -2.18. The Labute approximate surface area is 238 Å². The summed E-state index contributed by atoms with van der Waals surface area (Å²) in [4.78, 5) is 28.0. The van der Waals surface area contributed by atoms with Crippen LogP contribution in [0.25, 0.3) is 0 Å². The van der Waals surface area contributed by atoms with E-state index < -0.39 is 15.9 Å². The molecule has 1 aliphatic rings. The highest BCUT2D eigenvalue weighted by atomic mass is 32.2. The molecule has 0 saturated heterocycles. The summed E-state index contributed by atoms with van der Waals surface area (Å²) >= 11 is 0. The van der Waals surface area contributed by atoms with Crippen LogP contribution in [-0.4, -0.2) is 41.0 Å². The highest BCUT2D eigenvalue weighted by molar-refractivity contribution is 7.89. The molecule has 0 bridgehead atoms. The van der Waals surface area contributed by atoms with Crippen LogP contribution in [0.5, 0.6) is 11.5 Å². The molecule has 10 heteroatoms. The van der Waals surface area contributed by atoms with E-state index in [-0.39, 0.29) is 28.7 Å². The standard InChI is InChI=1S/C31H29N3O6S/c1-39-26-13-9-23(10-14-26)31(36)34-17-16-22-8-12-25(19-27(22)34)33-30(35)24-11-15-28(40-2)29(18-24)41(37,38)32-20-21-6-4-3-5-7-21/h3-15,18-19,32H,16-17,20H2,1-2H3,(H,33,35). The van der Waals surface area contributed by atoms with Crippen molar-refractivity contribution in [3.8, 4) is 11.5 Å². The number of rotatable bonds is 9. The average molecular weight is 572 g/mol. The highest BCUT2D eigenvalue weighted by Crippen LogP contribution is 2.33. The Morgan fingerprint density at radius 1 is 0.854 bits per heavy atom. The van der Waals surface area contributed by atoms with Crippen molar-refractivity contribution in [2.24, 2.45) is 0 Å². The Balaban J connectivity index is 1.34. The van der Waals surface area contributed by atoms with Gasteiger partial charge in [-0.3, -0.25) is 9.59 Å². The number of fused-ring (bicyclic) bond motifs is 1. The molecule has 4 aromatic rings. The van der Waals surface area contributed by atoms with Crippen LogP contribution in [-0.2, 0) is 23.0 Å². The maximum Gasteiger partial charge on any atom is 0.258 e. The van der Waals surface area contributed by atoms with Gasteiger partial charge in [-0.05, 0) is 72.1 Å². The number of benzene rings is 4. The van der Waals surface area contributed by atoms with E-state index in [0.29, 0.717) is 35.7 Å². The van der Waals surface area contributed by atoms with E-state index in [2.05, 4.69) is 10.0 Å². The molecule has 1 aliphatic heterocycles. The molecule has 0 saturated carbocycles. The molecule has 0 unspecified atom stereocenters. The van der Waals surface area contributed by atoms with Gasteiger partial charge in [0.2, 0.25) is 10.0 Å². The number of ether oxygens (including phenoxy) is 2. The Morgan fingerprint density at radius 3 is 2.29 bits per heavy atom.